The van der Waals surface area contributed by atoms with Crippen LogP contribution in [0.25, 0.3) is 0 Å². The Morgan fingerprint density at radius 2 is 2.16 bits per heavy atom. The van der Waals surface area contributed by atoms with Gasteiger partial charge in [-0.2, -0.15) is 0 Å². The Morgan fingerprint density at radius 1 is 1.32 bits per heavy atom. The van der Waals surface area contributed by atoms with Gasteiger partial charge < -0.3 is 5.32 Å². The highest BCUT2D eigenvalue weighted by molar-refractivity contribution is 7.10. The predicted molar refractivity (Wildman–Crippen MR) is 95.0 cm³/mol. The van der Waals surface area contributed by atoms with Crippen molar-refractivity contribution >= 4 is 40.7 Å². The molecule has 1 atom stereocenters. The van der Waals surface area contributed by atoms with Crippen molar-refractivity contribution in [2.45, 2.75) is 24.8 Å². The topological polar surface area (TPSA) is 66.5 Å². The molecule has 2 heterocycles. The molecule has 1 aliphatic heterocycles. The summed E-state index contributed by atoms with van der Waals surface area (Å²) in [6.07, 6.45) is 2.30. The quantitative estimate of drug-likeness (QED) is 0.661. The monoisotopic (exact) mass is 374 g/mol. The van der Waals surface area contributed by atoms with Crippen molar-refractivity contribution in [3.63, 3.8) is 0 Å². The Kier molecular flexibility index (Phi) is 3.89. The van der Waals surface area contributed by atoms with Gasteiger partial charge in [0.15, 0.2) is 5.78 Å². The van der Waals surface area contributed by atoms with E-state index in [0.717, 1.165) is 28.2 Å². The minimum absolute atomic E-state index is 0.285. The Hall–Kier alpha value is -2.18. The summed E-state index contributed by atoms with van der Waals surface area (Å²) >= 11 is 7.51. The molecule has 1 saturated heterocycles. The molecule has 0 saturated carbocycles. The SMILES string of the molecule is O=C(CN1C(=O)N[C@@]2(CCCc3sccc32)C1=O)c1cccc(Cl)c1. The van der Waals surface area contributed by atoms with Crippen LogP contribution in [0.2, 0.25) is 5.02 Å². The van der Waals surface area contributed by atoms with E-state index in [1.165, 1.54) is 6.07 Å². The van der Waals surface area contributed by atoms with Gasteiger partial charge in [0.05, 0.1) is 6.54 Å². The number of carbonyl (C=O) groups is 3. The molecule has 0 unspecified atom stereocenters. The van der Waals surface area contributed by atoms with Crippen LogP contribution in [-0.2, 0) is 16.8 Å². The van der Waals surface area contributed by atoms with Crippen molar-refractivity contribution in [3.05, 3.63) is 56.7 Å². The molecular weight excluding hydrogens is 360 g/mol. The Labute approximate surface area is 153 Å². The van der Waals surface area contributed by atoms with E-state index in [1.54, 1.807) is 29.5 Å². The van der Waals surface area contributed by atoms with Gasteiger partial charge in [0.1, 0.15) is 5.54 Å². The zero-order valence-corrected chi connectivity index (χ0v) is 14.8. The second-order valence-corrected chi connectivity index (χ2v) is 7.71. The predicted octanol–water partition coefficient (Wildman–Crippen LogP) is 3.37. The van der Waals surface area contributed by atoms with Crippen LogP contribution in [0.4, 0.5) is 4.79 Å². The number of nitrogens with one attached hydrogen (secondary N) is 1. The molecule has 1 fully saturated rings. The average molecular weight is 375 g/mol. The number of amides is 3. The second-order valence-electron chi connectivity index (χ2n) is 6.27. The van der Waals surface area contributed by atoms with Crippen LogP contribution in [0.5, 0.6) is 0 Å². The molecule has 1 aromatic heterocycles. The van der Waals surface area contributed by atoms with E-state index < -0.39 is 11.6 Å². The van der Waals surface area contributed by atoms with Crippen LogP contribution in [0, 0.1) is 0 Å². The van der Waals surface area contributed by atoms with Gasteiger partial charge >= 0.3 is 6.03 Å². The summed E-state index contributed by atoms with van der Waals surface area (Å²) in [6.45, 7) is -0.285. The number of halogens is 1. The lowest BCUT2D eigenvalue weighted by Crippen LogP contribution is -2.46. The fourth-order valence-electron chi connectivity index (χ4n) is 3.58. The first kappa shape index (κ1) is 16.3. The maximum absolute atomic E-state index is 13.1. The summed E-state index contributed by atoms with van der Waals surface area (Å²) in [5.41, 5.74) is 0.243. The fourth-order valence-corrected chi connectivity index (χ4v) is 4.77. The lowest BCUT2D eigenvalue weighted by atomic mass is 9.80. The van der Waals surface area contributed by atoms with Gasteiger partial charge in [0.25, 0.3) is 5.91 Å². The number of thiophene rings is 1. The van der Waals surface area contributed by atoms with Gasteiger partial charge in [0.2, 0.25) is 0 Å². The molecule has 2 aliphatic rings. The van der Waals surface area contributed by atoms with Crippen LogP contribution in [0.3, 0.4) is 0 Å². The molecule has 1 aromatic carbocycles. The first-order valence-electron chi connectivity index (χ1n) is 8.01. The van der Waals surface area contributed by atoms with Crippen molar-refractivity contribution in [1.29, 1.82) is 0 Å². The average Bonchev–Trinajstić information content (AvgIpc) is 3.16. The number of hydrogen-bond donors (Lipinski definition) is 1. The first-order chi connectivity index (χ1) is 12.0. The van der Waals surface area contributed by atoms with E-state index in [-0.39, 0.29) is 18.2 Å². The number of rotatable bonds is 3. The van der Waals surface area contributed by atoms with Gasteiger partial charge in [-0.15, -0.1) is 11.3 Å². The normalized spacial score (nSPS) is 22.2. The van der Waals surface area contributed by atoms with E-state index in [4.69, 9.17) is 11.6 Å². The van der Waals surface area contributed by atoms with E-state index in [2.05, 4.69) is 5.32 Å². The molecule has 4 rings (SSSR count). The molecule has 128 valence electrons. The summed E-state index contributed by atoms with van der Waals surface area (Å²) in [5, 5.41) is 5.23. The third-order valence-corrected chi connectivity index (χ3v) is 6.00. The van der Waals surface area contributed by atoms with Crippen LogP contribution < -0.4 is 5.32 Å². The highest BCUT2D eigenvalue weighted by atomic mass is 35.5. The summed E-state index contributed by atoms with van der Waals surface area (Å²) in [6, 6.07) is 7.89. The molecular formula is C18H15ClN2O3S. The number of imide groups is 1. The first-order valence-corrected chi connectivity index (χ1v) is 9.27. The largest absolute Gasteiger partial charge is 0.325 e. The van der Waals surface area contributed by atoms with E-state index in [9.17, 15) is 14.4 Å². The van der Waals surface area contributed by atoms with Crippen molar-refractivity contribution in [2.75, 3.05) is 6.54 Å². The lowest BCUT2D eigenvalue weighted by Gasteiger charge is -2.31. The molecule has 0 bridgehead atoms. The highest BCUT2D eigenvalue weighted by Gasteiger charge is 2.54. The van der Waals surface area contributed by atoms with Gasteiger partial charge in [-0.3, -0.25) is 14.5 Å². The minimum atomic E-state index is -1.01. The van der Waals surface area contributed by atoms with Gasteiger partial charge in [-0.05, 0) is 42.8 Å². The van der Waals surface area contributed by atoms with Crippen molar-refractivity contribution in [3.8, 4) is 0 Å². The summed E-state index contributed by atoms with van der Waals surface area (Å²) in [5.74, 6) is -0.656. The third kappa shape index (κ3) is 2.56. The molecule has 1 aliphatic carbocycles. The van der Waals surface area contributed by atoms with Crippen LogP contribution in [0.1, 0.15) is 33.6 Å². The zero-order chi connectivity index (χ0) is 17.6. The fraction of sp³-hybridized carbons (Fsp3) is 0.278. The number of Topliss-reactive ketones (excluding diaryl/α,β-unsaturated/α-hetero) is 1. The smallest absolute Gasteiger partial charge is 0.319 e. The van der Waals surface area contributed by atoms with Crippen LogP contribution >= 0.6 is 22.9 Å². The number of fused-ring (bicyclic) bond motifs is 2. The Morgan fingerprint density at radius 3 is 2.96 bits per heavy atom. The molecule has 1 N–H and O–H groups in total. The molecule has 5 nitrogen and oxygen atoms in total. The minimum Gasteiger partial charge on any atom is -0.319 e. The number of aryl methyl sites for hydroxylation is 1. The standard InChI is InChI=1S/C18H15ClN2O3S/c19-12-4-1-3-11(9-12)14(22)10-21-16(23)18(20-17(21)24)7-2-5-15-13(18)6-8-25-15/h1,3-4,6,8-9H,2,5,7,10H2,(H,20,24)/t18-/m1/s1. The molecule has 1 spiro atoms. The summed E-state index contributed by atoms with van der Waals surface area (Å²) in [4.78, 5) is 40.1. The third-order valence-electron chi connectivity index (χ3n) is 4.78. The number of ketones is 1. The van der Waals surface area contributed by atoms with E-state index >= 15 is 0 Å². The van der Waals surface area contributed by atoms with Gasteiger partial charge in [-0.25, -0.2) is 4.79 Å². The zero-order valence-electron chi connectivity index (χ0n) is 13.3. The van der Waals surface area contributed by atoms with Crippen LogP contribution in [-0.4, -0.2) is 29.2 Å². The Bertz CT molecular complexity index is 894. The molecule has 25 heavy (non-hydrogen) atoms. The van der Waals surface area contributed by atoms with Gasteiger partial charge in [-0.1, -0.05) is 23.7 Å². The van der Waals surface area contributed by atoms with Crippen molar-refractivity contribution < 1.29 is 14.4 Å². The molecule has 3 amide bonds. The van der Waals surface area contributed by atoms with E-state index in [1.807, 2.05) is 11.4 Å². The van der Waals surface area contributed by atoms with Crippen molar-refractivity contribution in [1.82, 2.24) is 10.2 Å². The second kappa shape index (κ2) is 5.97. The lowest BCUT2D eigenvalue weighted by molar-refractivity contribution is -0.131. The maximum atomic E-state index is 13.1. The number of carbonyl (C=O) groups excluding carboxylic acids is 3. The van der Waals surface area contributed by atoms with Crippen LogP contribution in [0.15, 0.2) is 35.7 Å². The molecule has 2 aromatic rings. The number of hydrogen-bond acceptors (Lipinski definition) is 4. The molecule has 7 heteroatoms. The van der Waals surface area contributed by atoms with Gasteiger partial charge in [0, 0.05) is 21.0 Å². The maximum Gasteiger partial charge on any atom is 0.325 e. The summed E-state index contributed by atoms with van der Waals surface area (Å²) < 4.78 is 0. The van der Waals surface area contributed by atoms with E-state index in [0.29, 0.717) is 17.0 Å². The van der Waals surface area contributed by atoms with Crippen molar-refractivity contribution in [2.24, 2.45) is 0 Å². The summed E-state index contributed by atoms with van der Waals surface area (Å²) in [7, 11) is 0. The Balaban J connectivity index is 1.62. The highest BCUT2D eigenvalue weighted by Crippen LogP contribution is 2.42. The number of benzene rings is 1. The number of urea groups is 1. The number of nitrogens with zero attached hydrogens (tertiary/aromatic N) is 1. The molecule has 0 radical (unpaired) electrons.